The summed E-state index contributed by atoms with van der Waals surface area (Å²) in [5.41, 5.74) is 2.30. The summed E-state index contributed by atoms with van der Waals surface area (Å²) in [7, 11) is 0. The molecule has 0 spiro atoms. The molecule has 1 aliphatic rings. The first kappa shape index (κ1) is 12.7. The van der Waals surface area contributed by atoms with Crippen LogP contribution in [0.3, 0.4) is 0 Å². The molecular formula is C17H23NO. The molecule has 102 valence electrons. The number of furan rings is 1. The molecule has 0 saturated heterocycles. The number of rotatable bonds is 5. The predicted octanol–water partition coefficient (Wildman–Crippen LogP) is 4.44. The Bertz CT molecular complexity index is 572. The van der Waals surface area contributed by atoms with Crippen molar-refractivity contribution in [2.45, 2.75) is 39.7 Å². The van der Waals surface area contributed by atoms with E-state index in [1.807, 2.05) is 0 Å². The van der Waals surface area contributed by atoms with Gasteiger partial charge in [0, 0.05) is 5.39 Å². The van der Waals surface area contributed by atoms with Crippen molar-refractivity contribution in [2.75, 3.05) is 6.54 Å². The van der Waals surface area contributed by atoms with Gasteiger partial charge in [-0.3, -0.25) is 0 Å². The first-order chi connectivity index (χ1) is 9.19. The van der Waals surface area contributed by atoms with E-state index in [9.17, 15) is 0 Å². The van der Waals surface area contributed by atoms with Gasteiger partial charge in [-0.25, -0.2) is 0 Å². The van der Waals surface area contributed by atoms with E-state index in [0.717, 1.165) is 36.1 Å². The molecule has 2 aromatic rings. The topological polar surface area (TPSA) is 25.2 Å². The van der Waals surface area contributed by atoms with Crippen LogP contribution in [0.5, 0.6) is 0 Å². The minimum absolute atomic E-state index is 0.391. The van der Waals surface area contributed by atoms with E-state index < -0.39 is 0 Å². The fourth-order valence-electron chi connectivity index (χ4n) is 2.91. The second-order valence-corrected chi connectivity index (χ2v) is 6.00. The van der Waals surface area contributed by atoms with Crippen LogP contribution in [0, 0.1) is 18.8 Å². The van der Waals surface area contributed by atoms with E-state index in [1.165, 1.54) is 17.4 Å². The maximum absolute atomic E-state index is 6.07. The minimum atomic E-state index is 0.391. The van der Waals surface area contributed by atoms with Gasteiger partial charge in [0.2, 0.25) is 0 Å². The number of nitrogens with one attached hydrogen (secondary N) is 1. The Hall–Kier alpha value is -1.28. The Morgan fingerprint density at radius 2 is 2.16 bits per heavy atom. The highest BCUT2D eigenvalue weighted by atomic mass is 16.3. The molecule has 1 fully saturated rings. The van der Waals surface area contributed by atoms with Gasteiger partial charge in [0.25, 0.3) is 0 Å². The summed E-state index contributed by atoms with van der Waals surface area (Å²) in [6.07, 6.45) is 2.48. The third-order valence-electron chi connectivity index (χ3n) is 4.21. The molecule has 3 rings (SSSR count). The van der Waals surface area contributed by atoms with Crippen LogP contribution in [-0.2, 0) is 0 Å². The first-order valence-corrected chi connectivity index (χ1v) is 7.42. The Balaban J connectivity index is 1.90. The summed E-state index contributed by atoms with van der Waals surface area (Å²) in [6, 6.07) is 9.02. The summed E-state index contributed by atoms with van der Waals surface area (Å²) in [5.74, 6) is 2.68. The molecule has 0 amide bonds. The summed E-state index contributed by atoms with van der Waals surface area (Å²) < 4.78 is 6.07. The average Bonchev–Trinajstić information content (AvgIpc) is 2.95. The molecule has 2 heteroatoms. The Labute approximate surface area is 115 Å². The number of fused-ring (bicyclic) bond motifs is 1. The third kappa shape index (κ3) is 2.55. The lowest BCUT2D eigenvalue weighted by atomic mass is 10.1. The van der Waals surface area contributed by atoms with Gasteiger partial charge >= 0.3 is 0 Å². The van der Waals surface area contributed by atoms with Crippen LogP contribution in [0.15, 0.2) is 28.7 Å². The van der Waals surface area contributed by atoms with Crippen LogP contribution in [-0.4, -0.2) is 6.54 Å². The number of hydrogen-bond acceptors (Lipinski definition) is 2. The maximum atomic E-state index is 6.07. The van der Waals surface area contributed by atoms with Crippen LogP contribution < -0.4 is 5.32 Å². The van der Waals surface area contributed by atoms with E-state index in [-0.39, 0.29) is 0 Å². The second-order valence-electron chi connectivity index (χ2n) is 6.00. The van der Waals surface area contributed by atoms with Gasteiger partial charge in [-0.15, -0.1) is 0 Å². The van der Waals surface area contributed by atoms with Crippen molar-refractivity contribution in [1.29, 1.82) is 0 Å². The van der Waals surface area contributed by atoms with Gasteiger partial charge in [0.1, 0.15) is 11.3 Å². The molecule has 19 heavy (non-hydrogen) atoms. The van der Waals surface area contributed by atoms with Gasteiger partial charge in [-0.2, -0.15) is 0 Å². The normalized spacial score (nSPS) is 23.7. The predicted molar refractivity (Wildman–Crippen MR) is 79.3 cm³/mol. The third-order valence-corrected chi connectivity index (χ3v) is 4.21. The maximum Gasteiger partial charge on any atom is 0.134 e. The van der Waals surface area contributed by atoms with Crippen LogP contribution >= 0.6 is 0 Å². The summed E-state index contributed by atoms with van der Waals surface area (Å²) in [6.45, 7) is 7.73. The number of benzene rings is 1. The van der Waals surface area contributed by atoms with Crippen molar-refractivity contribution < 1.29 is 4.42 Å². The van der Waals surface area contributed by atoms with Gasteiger partial charge in [0.05, 0.1) is 6.04 Å². The van der Waals surface area contributed by atoms with Crippen LogP contribution in [0.1, 0.15) is 44.1 Å². The Morgan fingerprint density at radius 3 is 2.84 bits per heavy atom. The van der Waals surface area contributed by atoms with E-state index in [2.05, 4.69) is 50.4 Å². The van der Waals surface area contributed by atoms with Crippen LogP contribution in [0.2, 0.25) is 0 Å². The Morgan fingerprint density at radius 1 is 1.37 bits per heavy atom. The van der Waals surface area contributed by atoms with Crippen molar-refractivity contribution in [1.82, 2.24) is 5.32 Å². The van der Waals surface area contributed by atoms with E-state index in [0.29, 0.717) is 6.04 Å². The molecule has 1 aromatic heterocycles. The smallest absolute Gasteiger partial charge is 0.134 e. The molecule has 3 unspecified atom stereocenters. The van der Waals surface area contributed by atoms with Crippen LogP contribution in [0.25, 0.3) is 11.0 Å². The summed E-state index contributed by atoms with van der Waals surface area (Å²) in [4.78, 5) is 0. The van der Waals surface area contributed by atoms with Crippen molar-refractivity contribution >= 4 is 11.0 Å². The van der Waals surface area contributed by atoms with Crippen LogP contribution in [0.4, 0.5) is 0 Å². The van der Waals surface area contributed by atoms with Crippen molar-refractivity contribution in [3.8, 4) is 0 Å². The standard InChI is InChI=1S/C17H23NO/c1-4-7-18-17(14-9-12(14)3)16-10-13-8-11(2)5-6-15(13)19-16/h5-6,8,10,12,14,17-18H,4,7,9H2,1-3H3. The molecule has 1 aliphatic carbocycles. The lowest BCUT2D eigenvalue weighted by Crippen LogP contribution is -2.23. The zero-order chi connectivity index (χ0) is 13.4. The van der Waals surface area contributed by atoms with Crippen molar-refractivity contribution in [3.05, 3.63) is 35.6 Å². The molecule has 0 aliphatic heterocycles. The second kappa shape index (κ2) is 5.01. The largest absolute Gasteiger partial charge is 0.459 e. The van der Waals surface area contributed by atoms with Crippen molar-refractivity contribution in [3.63, 3.8) is 0 Å². The molecule has 0 bridgehead atoms. The monoisotopic (exact) mass is 257 g/mol. The first-order valence-electron chi connectivity index (χ1n) is 7.42. The van der Waals surface area contributed by atoms with E-state index in [4.69, 9.17) is 4.42 Å². The fraction of sp³-hybridized carbons (Fsp3) is 0.529. The molecule has 1 saturated carbocycles. The van der Waals surface area contributed by atoms with Gasteiger partial charge in [-0.1, -0.05) is 25.5 Å². The molecule has 1 aromatic carbocycles. The highest BCUT2D eigenvalue weighted by Gasteiger charge is 2.41. The van der Waals surface area contributed by atoms with Gasteiger partial charge < -0.3 is 9.73 Å². The minimum Gasteiger partial charge on any atom is -0.459 e. The van der Waals surface area contributed by atoms with E-state index >= 15 is 0 Å². The Kier molecular flexibility index (Phi) is 3.36. The molecule has 1 heterocycles. The lowest BCUT2D eigenvalue weighted by molar-refractivity contribution is 0.386. The fourth-order valence-corrected chi connectivity index (χ4v) is 2.91. The zero-order valence-corrected chi connectivity index (χ0v) is 12.1. The average molecular weight is 257 g/mol. The number of aryl methyl sites for hydroxylation is 1. The molecule has 0 radical (unpaired) electrons. The van der Waals surface area contributed by atoms with Gasteiger partial charge in [0.15, 0.2) is 0 Å². The van der Waals surface area contributed by atoms with Gasteiger partial charge in [-0.05, 0) is 56.3 Å². The zero-order valence-electron chi connectivity index (χ0n) is 12.1. The number of hydrogen-bond donors (Lipinski definition) is 1. The summed E-state index contributed by atoms with van der Waals surface area (Å²) in [5, 5.41) is 4.89. The molecule has 3 atom stereocenters. The van der Waals surface area contributed by atoms with E-state index in [1.54, 1.807) is 0 Å². The molecular weight excluding hydrogens is 234 g/mol. The quantitative estimate of drug-likeness (QED) is 0.856. The highest BCUT2D eigenvalue weighted by Crippen LogP contribution is 2.47. The molecule has 2 nitrogen and oxygen atoms in total. The SMILES string of the molecule is CCCNC(c1cc2cc(C)ccc2o1)C1CC1C. The lowest BCUT2D eigenvalue weighted by Gasteiger charge is -2.15. The molecule has 1 N–H and O–H groups in total. The summed E-state index contributed by atoms with van der Waals surface area (Å²) >= 11 is 0. The van der Waals surface area contributed by atoms with Crippen molar-refractivity contribution in [2.24, 2.45) is 11.8 Å². The highest BCUT2D eigenvalue weighted by molar-refractivity contribution is 5.78.